The SMILES string of the molecule is Cc1cc2oc(=O)cc(CSc3ccc(F)c(F)c3)c2cc1Cl. The van der Waals surface area contributed by atoms with E-state index in [9.17, 15) is 13.6 Å². The minimum atomic E-state index is -0.897. The second-order valence-corrected chi connectivity index (χ2v) is 6.51. The fraction of sp³-hybridized carbons (Fsp3) is 0.118. The number of hydrogen-bond acceptors (Lipinski definition) is 3. The monoisotopic (exact) mass is 352 g/mol. The summed E-state index contributed by atoms with van der Waals surface area (Å²) in [6.07, 6.45) is 0. The fourth-order valence-corrected chi connectivity index (χ4v) is 3.27. The quantitative estimate of drug-likeness (QED) is 0.471. The van der Waals surface area contributed by atoms with E-state index in [0.29, 0.717) is 21.3 Å². The Morgan fingerprint density at radius 1 is 1.13 bits per heavy atom. The number of thioether (sulfide) groups is 1. The van der Waals surface area contributed by atoms with E-state index in [4.69, 9.17) is 16.0 Å². The molecule has 0 fully saturated rings. The molecule has 0 spiro atoms. The molecular weight excluding hydrogens is 342 g/mol. The summed E-state index contributed by atoms with van der Waals surface area (Å²) in [7, 11) is 0. The van der Waals surface area contributed by atoms with Crippen LogP contribution in [0.5, 0.6) is 0 Å². The van der Waals surface area contributed by atoms with Crippen molar-refractivity contribution in [1.29, 1.82) is 0 Å². The second kappa shape index (κ2) is 6.34. The summed E-state index contributed by atoms with van der Waals surface area (Å²) in [6, 6.07) is 8.55. The van der Waals surface area contributed by atoms with Crippen LogP contribution in [0.3, 0.4) is 0 Å². The van der Waals surface area contributed by atoms with Gasteiger partial charge >= 0.3 is 5.63 Å². The standard InChI is InChI=1S/C17H11ClF2O2S/c1-9-4-16-12(7-13(9)18)10(5-17(21)22-16)8-23-11-2-3-14(19)15(20)6-11/h2-7H,8H2,1H3. The molecule has 0 saturated heterocycles. The Balaban J connectivity index is 1.97. The van der Waals surface area contributed by atoms with E-state index < -0.39 is 17.3 Å². The van der Waals surface area contributed by atoms with Crippen molar-refractivity contribution in [2.75, 3.05) is 0 Å². The minimum absolute atomic E-state index is 0.409. The molecule has 2 nitrogen and oxygen atoms in total. The molecule has 23 heavy (non-hydrogen) atoms. The zero-order valence-electron chi connectivity index (χ0n) is 12.0. The summed E-state index contributed by atoms with van der Waals surface area (Å²) in [6.45, 7) is 1.82. The number of benzene rings is 2. The number of halogens is 3. The highest BCUT2D eigenvalue weighted by Gasteiger charge is 2.10. The summed E-state index contributed by atoms with van der Waals surface area (Å²) >= 11 is 7.44. The lowest BCUT2D eigenvalue weighted by molar-refractivity contribution is 0.506. The van der Waals surface area contributed by atoms with Crippen molar-refractivity contribution < 1.29 is 13.2 Å². The average Bonchev–Trinajstić information content (AvgIpc) is 2.50. The van der Waals surface area contributed by atoms with Crippen LogP contribution in [0.1, 0.15) is 11.1 Å². The lowest BCUT2D eigenvalue weighted by Gasteiger charge is -2.07. The van der Waals surface area contributed by atoms with E-state index in [-0.39, 0.29) is 0 Å². The molecule has 0 aliphatic heterocycles. The third kappa shape index (κ3) is 3.41. The smallest absolute Gasteiger partial charge is 0.336 e. The van der Waals surface area contributed by atoms with Gasteiger partial charge in [-0.1, -0.05) is 11.6 Å². The van der Waals surface area contributed by atoms with E-state index in [1.54, 1.807) is 12.1 Å². The molecule has 0 aliphatic rings. The summed E-state index contributed by atoms with van der Waals surface area (Å²) in [4.78, 5) is 12.3. The molecule has 0 radical (unpaired) electrons. The molecule has 0 unspecified atom stereocenters. The number of aryl methyl sites for hydroxylation is 1. The van der Waals surface area contributed by atoms with Gasteiger partial charge in [0.25, 0.3) is 0 Å². The Kier molecular flexibility index (Phi) is 4.41. The van der Waals surface area contributed by atoms with Gasteiger partial charge in [0.1, 0.15) is 5.58 Å². The van der Waals surface area contributed by atoms with Crippen LogP contribution in [-0.2, 0) is 5.75 Å². The van der Waals surface area contributed by atoms with Crippen LogP contribution in [0.4, 0.5) is 8.78 Å². The zero-order chi connectivity index (χ0) is 16.6. The van der Waals surface area contributed by atoms with Gasteiger partial charge in [-0.25, -0.2) is 13.6 Å². The molecule has 0 saturated carbocycles. The molecule has 6 heteroatoms. The van der Waals surface area contributed by atoms with E-state index in [1.807, 2.05) is 6.92 Å². The van der Waals surface area contributed by atoms with Crippen LogP contribution in [-0.4, -0.2) is 0 Å². The lowest BCUT2D eigenvalue weighted by atomic mass is 10.1. The largest absolute Gasteiger partial charge is 0.423 e. The first kappa shape index (κ1) is 16.0. The maximum Gasteiger partial charge on any atom is 0.336 e. The van der Waals surface area contributed by atoms with E-state index >= 15 is 0 Å². The van der Waals surface area contributed by atoms with Gasteiger partial charge in [0.2, 0.25) is 0 Å². The Morgan fingerprint density at radius 3 is 2.65 bits per heavy atom. The maximum absolute atomic E-state index is 13.2. The van der Waals surface area contributed by atoms with Crippen molar-refractivity contribution in [3.8, 4) is 0 Å². The van der Waals surface area contributed by atoms with E-state index in [1.165, 1.54) is 23.9 Å². The van der Waals surface area contributed by atoms with Crippen molar-refractivity contribution in [1.82, 2.24) is 0 Å². The number of rotatable bonds is 3. The van der Waals surface area contributed by atoms with Crippen LogP contribution in [0.15, 0.2) is 50.5 Å². The maximum atomic E-state index is 13.2. The highest BCUT2D eigenvalue weighted by atomic mass is 35.5. The Bertz CT molecular complexity index is 953. The van der Waals surface area contributed by atoms with Gasteiger partial charge in [0, 0.05) is 27.1 Å². The van der Waals surface area contributed by atoms with Gasteiger partial charge in [-0.15, -0.1) is 11.8 Å². The van der Waals surface area contributed by atoms with Crippen molar-refractivity contribution in [2.45, 2.75) is 17.6 Å². The second-order valence-electron chi connectivity index (χ2n) is 5.05. The first-order valence-electron chi connectivity index (χ1n) is 6.75. The topological polar surface area (TPSA) is 30.2 Å². The molecular formula is C17H11ClF2O2S. The fourth-order valence-electron chi connectivity index (χ4n) is 2.20. The van der Waals surface area contributed by atoms with E-state index in [0.717, 1.165) is 28.6 Å². The highest BCUT2D eigenvalue weighted by Crippen LogP contribution is 2.30. The Morgan fingerprint density at radius 2 is 1.91 bits per heavy atom. The number of fused-ring (bicyclic) bond motifs is 1. The third-order valence-electron chi connectivity index (χ3n) is 3.39. The average molecular weight is 353 g/mol. The molecule has 0 N–H and O–H groups in total. The van der Waals surface area contributed by atoms with Crippen LogP contribution in [0.25, 0.3) is 11.0 Å². The van der Waals surface area contributed by atoms with Gasteiger partial charge in [-0.3, -0.25) is 0 Å². The van der Waals surface area contributed by atoms with Crippen LogP contribution in [0.2, 0.25) is 5.02 Å². The normalized spacial score (nSPS) is 11.1. The van der Waals surface area contributed by atoms with Crippen molar-refractivity contribution in [3.63, 3.8) is 0 Å². The molecule has 0 bridgehead atoms. The molecule has 0 aliphatic carbocycles. The minimum Gasteiger partial charge on any atom is -0.423 e. The lowest BCUT2D eigenvalue weighted by Crippen LogP contribution is -2.00. The van der Waals surface area contributed by atoms with Gasteiger partial charge < -0.3 is 4.42 Å². The first-order valence-corrected chi connectivity index (χ1v) is 8.11. The summed E-state index contributed by atoms with van der Waals surface area (Å²) in [5.41, 5.74) is 1.54. The summed E-state index contributed by atoms with van der Waals surface area (Å²) < 4.78 is 31.4. The van der Waals surface area contributed by atoms with Crippen molar-refractivity contribution in [2.24, 2.45) is 0 Å². The van der Waals surface area contributed by atoms with Gasteiger partial charge in [-0.05, 0) is 48.4 Å². The molecule has 0 amide bonds. The van der Waals surface area contributed by atoms with Gasteiger partial charge in [-0.2, -0.15) is 0 Å². The molecule has 2 aromatic carbocycles. The molecule has 1 aromatic heterocycles. The van der Waals surface area contributed by atoms with Crippen LogP contribution in [0, 0.1) is 18.6 Å². The number of hydrogen-bond donors (Lipinski definition) is 0. The molecule has 3 aromatic rings. The Labute approximate surface area is 140 Å². The predicted molar refractivity (Wildman–Crippen MR) is 88.2 cm³/mol. The van der Waals surface area contributed by atoms with Crippen LogP contribution >= 0.6 is 23.4 Å². The van der Waals surface area contributed by atoms with Gasteiger partial charge in [0.15, 0.2) is 11.6 Å². The molecule has 1 heterocycles. The van der Waals surface area contributed by atoms with Gasteiger partial charge in [0.05, 0.1) is 0 Å². The third-order valence-corrected chi connectivity index (χ3v) is 4.84. The highest BCUT2D eigenvalue weighted by molar-refractivity contribution is 7.98. The molecule has 118 valence electrons. The van der Waals surface area contributed by atoms with E-state index in [2.05, 4.69) is 0 Å². The molecule has 3 rings (SSSR count). The zero-order valence-corrected chi connectivity index (χ0v) is 13.6. The predicted octanol–water partition coefficient (Wildman–Crippen LogP) is 5.33. The molecule has 0 atom stereocenters. The first-order chi connectivity index (χ1) is 10.9. The van der Waals surface area contributed by atoms with Crippen molar-refractivity contribution in [3.05, 3.63) is 74.6 Å². The summed E-state index contributed by atoms with van der Waals surface area (Å²) in [5.74, 6) is -1.37. The Hall–Kier alpha value is -1.85. The van der Waals surface area contributed by atoms with Crippen LogP contribution < -0.4 is 5.63 Å². The van der Waals surface area contributed by atoms with Crippen molar-refractivity contribution >= 4 is 34.3 Å². The summed E-state index contributed by atoms with van der Waals surface area (Å²) in [5, 5.41) is 1.31.